The molecule has 1 fully saturated rings. The van der Waals surface area contributed by atoms with Gasteiger partial charge in [0.15, 0.2) is 18.5 Å². The van der Waals surface area contributed by atoms with Gasteiger partial charge in [-0.15, -0.1) is 0 Å². The number of hydrogen-bond acceptors (Lipinski definition) is 7. The molecule has 3 rings (SSSR count). The predicted molar refractivity (Wildman–Crippen MR) is 95.8 cm³/mol. The molecule has 142 valence electrons. The van der Waals surface area contributed by atoms with Gasteiger partial charge in [0.25, 0.3) is 0 Å². The van der Waals surface area contributed by atoms with Crippen LogP contribution in [0.3, 0.4) is 0 Å². The van der Waals surface area contributed by atoms with E-state index >= 15 is 0 Å². The topological polar surface area (TPSA) is 108 Å². The summed E-state index contributed by atoms with van der Waals surface area (Å²) in [5, 5.41) is 10.3. The summed E-state index contributed by atoms with van der Waals surface area (Å²) in [7, 11) is 0. The van der Waals surface area contributed by atoms with E-state index in [9.17, 15) is 14.7 Å². The summed E-state index contributed by atoms with van der Waals surface area (Å²) in [5.74, 6) is -1.30. The summed E-state index contributed by atoms with van der Waals surface area (Å²) in [6, 6.07) is 15.9. The minimum Gasteiger partial charge on any atom is -0.453 e. The number of aliphatic hydroxyl groups excluding tert-OH is 1. The smallest absolute Gasteiger partial charge is 0.338 e. The van der Waals surface area contributed by atoms with Crippen molar-refractivity contribution in [2.45, 2.75) is 37.6 Å². The fourth-order valence-corrected chi connectivity index (χ4v) is 2.84. The zero-order valence-corrected chi connectivity index (χ0v) is 14.7. The van der Waals surface area contributed by atoms with Crippen LogP contribution in [0.15, 0.2) is 60.7 Å². The number of benzene rings is 2. The molecular formula is C20H21NO6. The molecule has 2 aromatic rings. The molecule has 7 nitrogen and oxygen atoms in total. The molecule has 1 heterocycles. The second kappa shape index (κ2) is 8.30. The van der Waals surface area contributed by atoms with Gasteiger partial charge in [0.05, 0.1) is 23.3 Å². The van der Waals surface area contributed by atoms with E-state index in [1.165, 1.54) is 0 Å². The fourth-order valence-electron chi connectivity index (χ4n) is 2.84. The highest BCUT2D eigenvalue weighted by atomic mass is 16.7. The molecule has 0 spiro atoms. The number of ether oxygens (including phenoxy) is 3. The fraction of sp³-hybridized carbons (Fsp3) is 0.300. The number of nitrogens with two attached hydrogens (primary N) is 1. The highest BCUT2D eigenvalue weighted by Crippen LogP contribution is 2.25. The molecule has 0 amide bonds. The van der Waals surface area contributed by atoms with E-state index in [2.05, 4.69) is 0 Å². The third-order valence-corrected chi connectivity index (χ3v) is 4.39. The molecule has 0 bridgehead atoms. The second-order valence-corrected chi connectivity index (χ2v) is 6.28. The van der Waals surface area contributed by atoms with Crippen LogP contribution in [0.2, 0.25) is 0 Å². The van der Waals surface area contributed by atoms with Gasteiger partial charge in [-0.1, -0.05) is 36.4 Å². The number of rotatable bonds is 4. The van der Waals surface area contributed by atoms with Gasteiger partial charge in [-0.25, -0.2) is 9.59 Å². The van der Waals surface area contributed by atoms with Crippen molar-refractivity contribution in [3.63, 3.8) is 0 Å². The van der Waals surface area contributed by atoms with E-state index in [0.29, 0.717) is 11.1 Å². The first-order valence-corrected chi connectivity index (χ1v) is 8.58. The highest BCUT2D eigenvalue weighted by Gasteiger charge is 2.47. The van der Waals surface area contributed by atoms with Crippen LogP contribution in [0.4, 0.5) is 0 Å². The largest absolute Gasteiger partial charge is 0.453 e. The van der Waals surface area contributed by atoms with Gasteiger partial charge in [-0.05, 0) is 31.2 Å². The first-order valence-electron chi connectivity index (χ1n) is 8.58. The SMILES string of the molecule is C[C@H]1O[C@H](O)[C@H](OC(=O)c2ccccc2)[C@@H](OC(=O)c2ccccc2)[C@@H]1N. The maximum atomic E-state index is 12.4. The molecule has 1 aliphatic heterocycles. The molecule has 7 heteroatoms. The lowest BCUT2D eigenvalue weighted by Gasteiger charge is -2.41. The first-order chi connectivity index (χ1) is 13.0. The molecule has 0 saturated carbocycles. The number of carbonyl (C=O) groups is 2. The van der Waals surface area contributed by atoms with Crippen LogP contribution in [0.1, 0.15) is 27.6 Å². The summed E-state index contributed by atoms with van der Waals surface area (Å²) >= 11 is 0. The molecule has 3 N–H and O–H groups in total. The zero-order valence-electron chi connectivity index (χ0n) is 14.7. The van der Waals surface area contributed by atoms with E-state index < -0.39 is 42.6 Å². The van der Waals surface area contributed by atoms with Crippen LogP contribution in [-0.4, -0.2) is 47.7 Å². The quantitative estimate of drug-likeness (QED) is 0.784. The van der Waals surface area contributed by atoms with E-state index in [1.54, 1.807) is 67.6 Å². The van der Waals surface area contributed by atoms with Crippen LogP contribution < -0.4 is 5.73 Å². The molecule has 1 saturated heterocycles. The van der Waals surface area contributed by atoms with Crippen molar-refractivity contribution < 1.29 is 28.9 Å². The molecule has 0 aromatic heterocycles. The van der Waals surface area contributed by atoms with E-state index in [4.69, 9.17) is 19.9 Å². The van der Waals surface area contributed by atoms with Crippen molar-refractivity contribution in [2.24, 2.45) is 5.73 Å². The van der Waals surface area contributed by atoms with Crippen LogP contribution in [0.25, 0.3) is 0 Å². The van der Waals surface area contributed by atoms with Gasteiger partial charge in [0.2, 0.25) is 0 Å². The number of hydrogen-bond donors (Lipinski definition) is 2. The molecule has 0 radical (unpaired) electrons. The summed E-state index contributed by atoms with van der Waals surface area (Å²) in [5.41, 5.74) is 6.73. The Kier molecular flexibility index (Phi) is 5.85. The Balaban J connectivity index is 1.80. The molecule has 27 heavy (non-hydrogen) atoms. The van der Waals surface area contributed by atoms with E-state index in [0.717, 1.165) is 0 Å². The van der Waals surface area contributed by atoms with Gasteiger partial charge in [0, 0.05) is 0 Å². The Bertz CT molecular complexity index is 782. The summed E-state index contributed by atoms with van der Waals surface area (Å²) in [4.78, 5) is 24.8. The van der Waals surface area contributed by atoms with Crippen LogP contribution in [-0.2, 0) is 14.2 Å². The number of aliphatic hydroxyl groups is 1. The Morgan fingerprint density at radius 3 is 1.81 bits per heavy atom. The first kappa shape index (κ1) is 19.0. The molecule has 5 atom stereocenters. The third kappa shape index (κ3) is 4.33. The normalized spacial score (nSPS) is 27.6. The molecular weight excluding hydrogens is 350 g/mol. The Morgan fingerprint density at radius 1 is 0.889 bits per heavy atom. The van der Waals surface area contributed by atoms with Crippen molar-refractivity contribution in [3.05, 3.63) is 71.8 Å². The van der Waals surface area contributed by atoms with Gasteiger partial charge in [-0.2, -0.15) is 0 Å². The Hall–Kier alpha value is -2.74. The maximum absolute atomic E-state index is 12.4. The van der Waals surface area contributed by atoms with Gasteiger partial charge in [0.1, 0.15) is 0 Å². The van der Waals surface area contributed by atoms with Crippen molar-refractivity contribution in [1.82, 2.24) is 0 Å². The molecule has 2 aromatic carbocycles. The number of esters is 2. The van der Waals surface area contributed by atoms with Crippen molar-refractivity contribution in [3.8, 4) is 0 Å². The molecule has 0 aliphatic carbocycles. The van der Waals surface area contributed by atoms with Gasteiger partial charge in [-0.3, -0.25) is 0 Å². The molecule has 1 aliphatic rings. The summed E-state index contributed by atoms with van der Waals surface area (Å²) < 4.78 is 16.2. The Morgan fingerprint density at radius 2 is 1.33 bits per heavy atom. The third-order valence-electron chi connectivity index (χ3n) is 4.39. The van der Waals surface area contributed by atoms with E-state index in [1.807, 2.05) is 0 Å². The lowest BCUT2D eigenvalue weighted by molar-refractivity contribution is -0.248. The molecule has 0 unspecified atom stereocenters. The standard InChI is InChI=1S/C20H21NO6/c1-12-15(21)16(26-18(22)13-8-4-2-5-9-13)17(20(24)25-12)27-19(23)14-10-6-3-7-11-14/h2-12,15-17,20,24H,21H2,1H3/t12-,15-,16+,17-,20+/m1/s1. The van der Waals surface area contributed by atoms with E-state index in [-0.39, 0.29) is 0 Å². The monoisotopic (exact) mass is 371 g/mol. The average molecular weight is 371 g/mol. The summed E-state index contributed by atoms with van der Waals surface area (Å²) in [6.45, 7) is 1.65. The highest BCUT2D eigenvalue weighted by molar-refractivity contribution is 5.90. The average Bonchev–Trinajstić information content (AvgIpc) is 2.69. The Labute approximate surface area is 156 Å². The zero-order chi connectivity index (χ0) is 19.4. The van der Waals surface area contributed by atoms with Crippen LogP contribution in [0.5, 0.6) is 0 Å². The minimum absolute atomic E-state index is 0.296. The lowest BCUT2D eigenvalue weighted by Crippen LogP contribution is -2.62. The van der Waals surface area contributed by atoms with Crippen LogP contribution in [0, 0.1) is 0 Å². The lowest BCUT2D eigenvalue weighted by atomic mass is 9.97. The predicted octanol–water partition coefficient (Wildman–Crippen LogP) is 1.50. The summed E-state index contributed by atoms with van der Waals surface area (Å²) in [6.07, 6.45) is -4.39. The minimum atomic E-state index is -1.47. The van der Waals surface area contributed by atoms with Crippen molar-refractivity contribution >= 4 is 11.9 Å². The number of carbonyl (C=O) groups excluding carboxylic acids is 2. The van der Waals surface area contributed by atoms with Gasteiger partial charge < -0.3 is 25.1 Å². The van der Waals surface area contributed by atoms with Crippen LogP contribution >= 0.6 is 0 Å². The maximum Gasteiger partial charge on any atom is 0.338 e. The van der Waals surface area contributed by atoms with Crippen molar-refractivity contribution in [2.75, 3.05) is 0 Å². The van der Waals surface area contributed by atoms with Crippen molar-refractivity contribution in [1.29, 1.82) is 0 Å². The van der Waals surface area contributed by atoms with Gasteiger partial charge >= 0.3 is 11.9 Å². The second-order valence-electron chi connectivity index (χ2n) is 6.28.